The fourth-order valence-corrected chi connectivity index (χ4v) is 2.09. The molecule has 2 aromatic rings. The van der Waals surface area contributed by atoms with Gasteiger partial charge in [-0.1, -0.05) is 26.0 Å². The van der Waals surface area contributed by atoms with E-state index >= 15 is 0 Å². The minimum absolute atomic E-state index is 0.223. The Morgan fingerprint density at radius 1 is 1.30 bits per heavy atom. The van der Waals surface area contributed by atoms with Crippen LogP contribution in [-0.4, -0.2) is 28.0 Å². The van der Waals surface area contributed by atoms with Gasteiger partial charge in [0.25, 0.3) is 0 Å². The van der Waals surface area contributed by atoms with E-state index < -0.39 is 0 Å². The van der Waals surface area contributed by atoms with Crippen LogP contribution < -0.4 is 5.32 Å². The lowest BCUT2D eigenvalue weighted by atomic mass is 10.1. The second-order valence-corrected chi connectivity index (χ2v) is 5.78. The van der Waals surface area contributed by atoms with E-state index in [1.54, 1.807) is 0 Å². The number of aromatic nitrogens is 2. The molecule has 1 aromatic carbocycles. The monoisotopic (exact) mass is 339 g/mol. The molecule has 0 aliphatic heterocycles. The van der Waals surface area contributed by atoms with E-state index in [2.05, 4.69) is 31.4 Å². The van der Waals surface area contributed by atoms with Gasteiger partial charge in [-0.25, -0.2) is 0 Å². The quantitative estimate of drug-likeness (QED) is 0.846. The maximum atomic E-state index is 9.69. The van der Waals surface area contributed by atoms with Crippen molar-refractivity contribution in [1.82, 2.24) is 15.5 Å². The molecule has 0 amide bonds. The van der Waals surface area contributed by atoms with Gasteiger partial charge in [0, 0.05) is 11.0 Å². The largest absolute Gasteiger partial charge is 0.419 e. The highest BCUT2D eigenvalue weighted by atomic mass is 79.9. The molecule has 0 fully saturated rings. The number of rotatable bonds is 6. The first-order valence-electron chi connectivity index (χ1n) is 6.54. The number of halogens is 1. The Morgan fingerprint density at radius 3 is 2.75 bits per heavy atom. The number of hydrogen-bond acceptors (Lipinski definition) is 5. The van der Waals surface area contributed by atoms with E-state index in [0.717, 1.165) is 10.0 Å². The van der Waals surface area contributed by atoms with Crippen molar-refractivity contribution in [3.8, 4) is 11.5 Å². The van der Waals surface area contributed by atoms with Crippen LogP contribution in [0, 0.1) is 5.92 Å². The zero-order valence-corrected chi connectivity index (χ0v) is 13.1. The molecule has 0 aliphatic carbocycles. The zero-order valence-electron chi connectivity index (χ0n) is 11.5. The van der Waals surface area contributed by atoms with Gasteiger partial charge in [-0.3, -0.25) is 0 Å². The van der Waals surface area contributed by atoms with Crippen molar-refractivity contribution in [1.29, 1.82) is 0 Å². The third-order valence-corrected chi connectivity index (χ3v) is 3.66. The average Bonchev–Trinajstić information content (AvgIpc) is 2.87. The third kappa shape index (κ3) is 3.88. The van der Waals surface area contributed by atoms with Crippen LogP contribution in [0.5, 0.6) is 0 Å². The number of benzene rings is 1. The molecule has 1 heterocycles. The summed E-state index contributed by atoms with van der Waals surface area (Å²) in [4.78, 5) is 0. The molecule has 1 unspecified atom stereocenters. The number of nitrogens with zero attached hydrogens (tertiary/aromatic N) is 2. The van der Waals surface area contributed by atoms with Crippen molar-refractivity contribution in [2.45, 2.75) is 26.5 Å². The van der Waals surface area contributed by atoms with Gasteiger partial charge in [0.15, 0.2) is 0 Å². The molecular formula is C14H18BrN3O2. The lowest BCUT2D eigenvalue weighted by molar-refractivity contribution is 0.122. The van der Waals surface area contributed by atoms with E-state index in [9.17, 15) is 5.11 Å². The highest BCUT2D eigenvalue weighted by molar-refractivity contribution is 9.10. The van der Waals surface area contributed by atoms with E-state index in [0.29, 0.717) is 24.9 Å². The average molecular weight is 340 g/mol. The van der Waals surface area contributed by atoms with Gasteiger partial charge in [-0.2, -0.15) is 0 Å². The molecule has 20 heavy (non-hydrogen) atoms. The summed E-state index contributed by atoms with van der Waals surface area (Å²) in [5.41, 5.74) is 0.869. The van der Waals surface area contributed by atoms with Gasteiger partial charge in [-0.05, 0) is 34.0 Å². The first-order valence-corrected chi connectivity index (χ1v) is 7.33. The van der Waals surface area contributed by atoms with Gasteiger partial charge in [0.1, 0.15) is 0 Å². The predicted octanol–water partition coefficient (Wildman–Crippen LogP) is 2.61. The van der Waals surface area contributed by atoms with Crippen LogP contribution in [0.3, 0.4) is 0 Å². The molecule has 1 aromatic heterocycles. The standard InChI is InChI=1S/C14H18BrN3O2/c1-9(2)12(19)7-16-8-13-17-18-14(20-13)10-5-3-4-6-11(10)15/h3-6,9,12,16,19H,7-8H2,1-2H3. The van der Waals surface area contributed by atoms with Crippen LogP contribution in [0.4, 0.5) is 0 Å². The molecule has 2 rings (SSSR count). The minimum Gasteiger partial charge on any atom is -0.419 e. The number of aliphatic hydroxyl groups excluding tert-OH is 1. The summed E-state index contributed by atoms with van der Waals surface area (Å²) in [5, 5.41) is 20.8. The van der Waals surface area contributed by atoms with Gasteiger partial charge in [0.2, 0.25) is 11.8 Å². The predicted molar refractivity (Wildman–Crippen MR) is 80.0 cm³/mol. The molecule has 0 aliphatic rings. The molecule has 0 saturated carbocycles. The number of aliphatic hydroxyl groups is 1. The summed E-state index contributed by atoms with van der Waals surface area (Å²) < 4.78 is 6.51. The van der Waals surface area contributed by atoms with Gasteiger partial charge < -0.3 is 14.8 Å². The Hall–Kier alpha value is -1.24. The van der Waals surface area contributed by atoms with Crippen LogP contribution in [0.2, 0.25) is 0 Å². The first-order chi connectivity index (χ1) is 9.58. The summed E-state index contributed by atoms with van der Waals surface area (Å²) >= 11 is 3.45. The van der Waals surface area contributed by atoms with E-state index in [-0.39, 0.29) is 12.0 Å². The van der Waals surface area contributed by atoms with Gasteiger partial charge in [-0.15, -0.1) is 10.2 Å². The van der Waals surface area contributed by atoms with Crippen LogP contribution in [0.1, 0.15) is 19.7 Å². The smallest absolute Gasteiger partial charge is 0.248 e. The molecular weight excluding hydrogens is 322 g/mol. The van der Waals surface area contributed by atoms with Crippen molar-refractivity contribution in [2.75, 3.05) is 6.54 Å². The van der Waals surface area contributed by atoms with Gasteiger partial charge >= 0.3 is 0 Å². The molecule has 108 valence electrons. The molecule has 1 atom stereocenters. The SMILES string of the molecule is CC(C)C(O)CNCc1nnc(-c2ccccc2Br)o1. The Morgan fingerprint density at radius 2 is 2.05 bits per heavy atom. The molecule has 6 heteroatoms. The van der Waals surface area contributed by atoms with Gasteiger partial charge in [0.05, 0.1) is 18.2 Å². The Balaban J connectivity index is 1.95. The summed E-state index contributed by atoms with van der Waals surface area (Å²) in [6.07, 6.45) is -0.374. The fraction of sp³-hybridized carbons (Fsp3) is 0.429. The normalized spacial score (nSPS) is 12.8. The Kier molecular flexibility index (Phi) is 5.28. The van der Waals surface area contributed by atoms with E-state index in [1.165, 1.54) is 0 Å². The molecule has 2 N–H and O–H groups in total. The summed E-state index contributed by atoms with van der Waals surface area (Å²) in [7, 11) is 0. The van der Waals surface area contributed by atoms with E-state index in [1.807, 2.05) is 38.1 Å². The molecule has 0 spiro atoms. The molecule has 0 radical (unpaired) electrons. The van der Waals surface area contributed by atoms with Crippen LogP contribution in [0.25, 0.3) is 11.5 Å². The van der Waals surface area contributed by atoms with Crippen LogP contribution in [0.15, 0.2) is 33.2 Å². The van der Waals surface area contributed by atoms with Crippen molar-refractivity contribution in [3.05, 3.63) is 34.6 Å². The molecule has 0 bridgehead atoms. The van der Waals surface area contributed by atoms with Crippen molar-refractivity contribution >= 4 is 15.9 Å². The summed E-state index contributed by atoms with van der Waals surface area (Å²) in [6, 6.07) is 7.69. The zero-order chi connectivity index (χ0) is 14.5. The van der Waals surface area contributed by atoms with Crippen LogP contribution in [-0.2, 0) is 6.54 Å². The first kappa shape index (κ1) is 15.2. The maximum absolute atomic E-state index is 9.69. The minimum atomic E-state index is -0.374. The number of nitrogens with one attached hydrogen (secondary N) is 1. The summed E-state index contributed by atoms with van der Waals surface area (Å²) in [5.74, 6) is 1.21. The van der Waals surface area contributed by atoms with Crippen molar-refractivity contribution < 1.29 is 9.52 Å². The second kappa shape index (κ2) is 6.97. The topological polar surface area (TPSA) is 71.2 Å². The maximum Gasteiger partial charge on any atom is 0.248 e. The molecule has 5 nitrogen and oxygen atoms in total. The Labute approximate surface area is 126 Å². The van der Waals surface area contributed by atoms with Crippen LogP contribution >= 0.6 is 15.9 Å². The fourth-order valence-electron chi connectivity index (χ4n) is 1.63. The lowest BCUT2D eigenvalue weighted by Crippen LogP contribution is -2.30. The van der Waals surface area contributed by atoms with Crippen molar-refractivity contribution in [3.63, 3.8) is 0 Å². The highest BCUT2D eigenvalue weighted by Gasteiger charge is 2.12. The Bertz CT molecular complexity index is 557. The summed E-state index contributed by atoms with van der Waals surface area (Å²) in [6.45, 7) is 4.90. The van der Waals surface area contributed by atoms with E-state index in [4.69, 9.17) is 4.42 Å². The number of hydrogen-bond donors (Lipinski definition) is 2. The molecule has 0 saturated heterocycles. The third-order valence-electron chi connectivity index (χ3n) is 2.97. The lowest BCUT2D eigenvalue weighted by Gasteiger charge is -2.13. The highest BCUT2D eigenvalue weighted by Crippen LogP contribution is 2.26. The van der Waals surface area contributed by atoms with Crippen molar-refractivity contribution in [2.24, 2.45) is 5.92 Å². The second-order valence-electron chi connectivity index (χ2n) is 4.92.